The van der Waals surface area contributed by atoms with E-state index in [1.165, 1.54) is 38.5 Å². The average Bonchev–Trinajstić information content (AvgIpc) is 2.12. The first-order valence-corrected chi connectivity index (χ1v) is 6.15. The summed E-state index contributed by atoms with van der Waals surface area (Å²) in [5, 5.41) is 0. The van der Waals surface area contributed by atoms with Crippen molar-refractivity contribution in [2.45, 2.75) is 52.4 Å². The Hall–Kier alpha value is 1.64. The molecule has 0 heterocycles. The Morgan fingerprint density at radius 2 is 1.00 bits per heavy atom. The first-order chi connectivity index (χ1) is 5.83. The largest absolute Gasteiger partial charge is 2.00 e. The molecule has 0 spiro atoms. The van der Waals surface area contributed by atoms with Crippen LogP contribution >= 0.6 is 0 Å². The van der Waals surface area contributed by atoms with Crippen LogP contribution in [0.25, 0.3) is 0 Å². The molecule has 0 radical (unpaired) electrons. The Morgan fingerprint density at radius 3 is 1.08 bits per heavy atom. The van der Waals surface area contributed by atoms with E-state index in [-0.39, 0.29) is 27.7 Å². The van der Waals surface area contributed by atoms with E-state index in [2.05, 4.69) is 13.8 Å². The molecule has 0 atom stereocenters. The van der Waals surface area contributed by atoms with Gasteiger partial charge in [-0.3, -0.25) is 0 Å². The molecular weight excluding hydrogens is 385 g/mol. The van der Waals surface area contributed by atoms with E-state index in [1.807, 2.05) is 0 Å². The molecule has 0 amide bonds. The van der Waals surface area contributed by atoms with E-state index in [1.54, 1.807) is 0 Å². The average molecular weight is 407 g/mol. The maximum absolute atomic E-state index is 4.72. The normalized spacial score (nSPS) is 8.31. The Bertz CT molecular complexity index is 44.9. The van der Waals surface area contributed by atoms with E-state index >= 15 is 0 Å². The molecule has 0 aromatic heterocycles. The number of hydrogen-bond donors (Lipinski definition) is 0. The summed E-state index contributed by atoms with van der Waals surface area (Å²) in [7, 11) is 0. The molecule has 0 rings (SSSR count). The molecule has 0 aliphatic rings. The molecule has 13 heavy (non-hydrogen) atoms. The zero-order chi connectivity index (χ0) is 9.66. The van der Waals surface area contributed by atoms with Gasteiger partial charge in [0.1, 0.15) is 0 Å². The van der Waals surface area contributed by atoms with Crippen LogP contribution in [0, 0.1) is 0 Å². The molecule has 0 aliphatic carbocycles. The fraction of sp³-hybridized carbons (Fsp3) is 1.00. The summed E-state index contributed by atoms with van der Waals surface area (Å²) in [6.45, 7) is 4.37. The molecule has 0 fully saturated rings. The minimum Gasteiger partial charge on any atom is -0.793 e. The Morgan fingerprint density at radius 1 is 0.692 bits per heavy atom. The van der Waals surface area contributed by atoms with Crippen LogP contribution in [0.4, 0.5) is 0 Å². The van der Waals surface area contributed by atoms with Crippen LogP contribution in [0.15, 0.2) is 0 Å². The van der Waals surface area contributed by atoms with Crippen LogP contribution < -0.4 is 0 Å². The molecule has 0 aromatic rings. The van der Waals surface area contributed by atoms with E-state index in [4.69, 9.17) is 25.3 Å². The minimum atomic E-state index is 0. The van der Waals surface area contributed by atoms with Crippen LogP contribution in [-0.4, -0.2) is 11.5 Å². The summed E-state index contributed by atoms with van der Waals surface area (Å²) < 4.78 is 0. The van der Waals surface area contributed by atoms with Gasteiger partial charge in [-0.2, -0.15) is 11.5 Å². The zero-order valence-corrected chi connectivity index (χ0v) is 16.3. The molecule has 0 bridgehead atoms. The van der Waals surface area contributed by atoms with Crippen molar-refractivity contribution in [1.82, 2.24) is 0 Å². The Kier molecular flexibility index (Phi) is 36.3. The standard InChI is InChI=1S/2C5H12S.Hg/c2*1-2-3-4-5-6;/h2*6H,2-5H2,1H3;/q;;+2/p-2. The van der Waals surface area contributed by atoms with Gasteiger partial charge in [0.2, 0.25) is 0 Å². The van der Waals surface area contributed by atoms with Crippen LogP contribution in [-0.2, 0) is 52.9 Å². The summed E-state index contributed by atoms with van der Waals surface area (Å²) in [6, 6.07) is 0. The van der Waals surface area contributed by atoms with Gasteiger partial charge < -0.3 is 25.3 Å². The predicted octanol–water partition coefficient (Wildman–Crippen LogP) is 3.44. The van der Waals surface area contributed by atoms with Crippen molar-refractivity contribution in [3.8, 4) is 0 Å². The number of hydrogen-bond acceptors (Lipinski definition) is 2. The summed E-state index contributed by atoms with van der Waals surface area (Å²) >= 11 is 9.43. The topological polar surface area (TPSA) is 0 Å². The second-order valence-corrected chi connectivity index (χ2v) is 3.64. The predicted molar refractivity (Wildman–Crippen MR) is 63.5 cm³/mol. The summed E-state index contributed by atoms with van der Waals surface area (Å²) in [5.74, 6) is 1.88. The third-order valence-electron chi connectivity index (χ3n) is 1.50. The van der Waals surface area contributed by atoms with Crippen LogP contribution in [0.3, 0.4) is 0 Å². The van der Waals surface area contributed by atoms with Crippen LogP contribution in [0.2, 0.25) is 0 Å². The molecule has 0 saturated heterocycles. The van der Waals surface area contributed by atoms with E-state index < -0.39 is 0 Å². The smallest absolute Gasteiger partial charge is 0.793 e. The van der Waals surface area contributed by atoms with Crippen molar-refractivity contribution in [3.63, 3.8) is 0 Å². The number of unbranched alkanes of at least 4 members (excludes halogenated alkanes) is 4. The fourth-order valence-electron chi connectivity index (χ4n) is 0.704. The maximum atomic E-state index is 4.72. The molecule has 0 N–H and O–H groups in total. The number of rotatable bonds is 6. The van der Waals surface area contributed by atoms with Gasteiger partial charge in [0, 0.05) is 0 Å². The first kappa shape index (κ1) is 20.1. The molecule has 0 aromatic carbocycles. The molecule has 76 valence electrons. The van der Waals surface area contributed by atoms with Gasteiger partial charge >= 0.3 is 27.7 Å². The molecular formula is C10H22HgS2. The van der Waals surface area contributed by atoms with Gasteiger partial charge in [0.25, 0.3) is 0 Å². The first-order valence-electron chi connectivity index (χ1n) is 4.99. The van der Waals surface area contributed by atoms with Gasteiger partial charge in [-0.15, -0.1) is 0 Å². The summed E-state index contributed by atoms with van der Waals surface area (Å²) in [5.41, 5.74) is 0. The molecule has 3 heteroatoms. The van der Waals surface area contributed by atoms with Crippen molar-refractivity contribution < 1.29 is 27.7 Å². The third-order valence-corrected chi connectivity index (χ3v) is 2.07. The SMILES string of the molecule is CCCCC[S-].CCCCC[S-].[Hg+2]. The van der Waals surface area contributed by atoms with Gasteiger partial charge in [0.15, 0.2) is 0 Å². The minimum absolute atomic E-state index is 0. The van der Waals surface area contributed by atoms with E-state index in [9.17, 15) is 0 Å². The van der Waals surface area contributed by atoms with E-state index in [0.29, 0.717) is 0 Å². The second-order valence-electron chi connectivity index (χ2n) is 2.82. The molecule has 0 unspecified atom stereocenters. The van der Waals surface area contributed by atoms with Crippen molar-refractivity contribution in [3.05, 3.63) is 0 Å². The van der Waals surface area contributed by atoms with Gasteiger partial charge in [0.05, 0.1) is 0 Å². The quantitative estimate of drug-likeness (QED) is 0.376. The second kappa shape index (κ2) is 23.4. The molecule has 0 aliphatic heterocycles. The van der Waals surface area contributed by atoms with Crippen molar-refractivity contribution in [1.29, 1.82) is 0 Å². The monoisotopic (exact) mass is 408 g/mol. The zero-order valence-electron chi connectivity index (χ0n) is 9.18. The van der Waals surface area contributed by atoms with Gasteiger partial charge in [-0.1, -0.05) is 52.4 Å². The van der Waals surface area contributed by atoms with Crippen molar-refractivity contribution in [2.75, 3.05) is 11.5 Å². The fourth-order valence-corrected chi connectivity index (χ4v) is 1.11. The van der Waals surface area contributed by atoms with Gasteiger partial charge in [-0.05, 0) is 0 Å². The van der Waals surface area contributed by atoms with Crippen LogP contribution in [0.1, 0.15) is 52.4 Å². The molecule has 0 nitrogen and oxygen atoms in total. The molecule has 0 saturated carbocycles. The van der Waals surface area contributed by atoms with Gasteiger partial charge in [-0.25, -0.2) is 0 Å². The van der Waals surface area contributed by atoms with Crippen LogP contribution in [0.5, 0.6) is 0 Å². The summed E-state index contributed by atoms with van der Waals surface area (Å²) in [4.78, 5) is 0. The van der Waals surface area contributed by atoms with Crippen molar-refractivity contribution >= 4 is 25.3 Å². The third kappa shape index (κ3) is 31.7. The Labute approximate surface area is 116 Å². The van der Waals surface area contributed by atoms with Crippen molar-refractivity contribution in [2.24, 2.45) is 0 Å². The van der Waals surface area contributed by atoms with E-state index in [0.717, 1.165) is 11.5 Å². The summed E-state index contributed by atoms with van der Waals surface area (Å²) in [6.07, 6.45) is 7.65. The Balaban J connectivity index is -0.000000143. The maximum Gasteiger partial charge on any atom is 2.00 e.